The Hall–Kier alpha value is -3.21. The van der Waals surface area contributed by atoms with Crippen molar-refractivity contribution in [2.45, 2.75) is 19.6 Å². The maximum Gasteiger partial charge on any atom is 0.258 e. The molecule has 1 unspecified atom stereocenters. The van der Waals surface area contributed by atoms with Gasteiger partial charge in [-0.2, -0.15) is 0 Å². The molecule has 0 saturated heterocycles. The molecule has 26 heavy (non-hydrogen) atoms. The number of amides is 1. The van der Waals surface area contributed by atoms with Gasteiger partial charge in [0.1, 0.15) is 17.7 Å². The Labute approximate surface area is 152 Å². The quantitative estimate of drug-likeness (QED) is 0.740. The molecule has 2 heterocycles. The second-order valence-electron chi connectivity index (χ2n) is 6.11. The summed E-state index contributed by atoms with van der Waals surface area (Å²) in [4.78, 5) is 14.9. The van der Waals surface area contributed by atoms with Gasteiger partial charge in [0, 0.05) is 5.69 Å². The highest BCUT2D eigenvalue weighted by atomic mass is 16.5. The van der Waals surface area contributed by atoms with Crippen LogP contribution in [0.3, 0.4) is 0 Å². The first-order valence-electron chi connectivity index (χ1n) is 8.68. The smallest absolute Gasteiger partial charge is 0.258 e. The van der Waals surface area contributed by atoms with Crippen LogP contribution < -0.4 is 10.1 Å². The number of para-hydroxylation sites is 1. The third-order valence-electron chi connectivity index (χ3n) is 4.41. The SMILES string of the molecule is CCOc1cccc(C2Nc3ccccc3C(=O)N2Cc2ccco2)c1. The molecule has 5 heteroatoms. The summed E-state index contributed by atoms with van der Waals surface area (Å²) in [5.74, 6) is 1.50. The maximum absolute atomic E-state index is 13.2. The average molecular weight is 348 g/mol. The number of hydrogen-bond acceptors (Lipinski definition) is 4. The zero-order chi connectivity index (χ0) is 17.9. The van der Waals surface area contributed by atoms with E-state index in [0.29, 0.717) is 18.7 Å². The lowest BCUT2D eigenvalue weighted by atomic mass is 10.0. The molecule has 1 aliphatic rings. The fourth-order valence-electron chi connectivity index (χ4n) is 3.23. The summed E-state index contributed by atoms with van der Waals surface area (Å²) in [7, 11) is 0. The lowest BCUT2D eigenvalue weighted by Crippen LogP contribution is -2.42. The van der Waals surface area contributed by atoms with Gasteiger partial charge in [-0.1, -0.05) is 24.3 Å². The summed E-state index contributed by atoms with van der Waals surface area (Å²) in [6, 6.07) is 19.1. The van der Waals surface area contributed by atoms with E-state index in [-0.39, 0.29) is 12.1 Å². The van der Waals surface area contributed by atoms with Crippen molar-refractivity contribution in [2.75, 3.05) is 11.9 Å². The maximum atomic E-state index is 13.2. The second-order valence-corrected chi connectivity index (χ2v) is 6.11. The van der Waals surface area contributed by atoms with Crippen LogP contribution in [0.1, 0.15) is 34.8 Å². The lowest BCUT2D eigenvalue weighted by Gasteiger charge is -2.37. The number of rotatable bonds is 5. The Morgan fingerprint density at radius 1 is 1.12 bits per heavy atom. The largest absolute Gasteiger partial charge is 0.494 e. The zero-order valence-electron chi connectivity index (χ0n) is 14.5. The standard InChI is InChI=1S/C21H20N2O3/c1-2-25-16-8-5-7-15(13-16)20-22-19-11-4-3-10-18(19)21(24)23(20)14-17-9-6-12-26-17/h3-13,20,22H,2,14H2,1H3. The van der Waals surface area contributed by atoms with E-state index in [1.807, 2.05) is 67.6 Å². The number of nitrogens with one attached hydrogen (secondary N) is 1. The van der Waals surface area contributed by atoms with Gasteiger partial charge in [0.2, 0.25) is 0 Å². The molecule has 0 fully saturated rings. The van der Waals surface area contributed by atoms with E-state index in [9.17, 15) is 4.79 Å². The topological polar surface area (TPSA) is 54.7 Å². The Balaban J connectivity index is 1.74. The molecule has 2 aromatic carbocycles. The summed E-state index contributed by atoms with van der Waals surface area (Å²) in [5.41, 5.74) is 2.46. The number of nitrogens with zero attached hydrogens (tertiary/aromatic N) is 1. The molecule has 0 bridgehead atoms. The molecular weight excluding hydrogens is 328 g/mol. The van der Waals surface area contributed by atoms with Crippen LogP contribution in [0, 0.1) is 0 Å². The number of ether oxygens (including phenoxy) is 1. The van der Waals surface area contributed by atoms with Crippen LogP contribution in [0.5, 0.6) is 5.75 Å². The summed E-state index contributed by atoms with van der Waals surface area (Å²) >= 11 is 0. The van der Waals surface area contributed by atoms with Gasteiger partial charge in [-0.05, 0) is 48.9 Å². The number of benzene rings is 2. The summed E-state index contributed by atoms with van der Waals surface area (Å²) < 4.78 is 11.1. The van der Waals surface area contributed by atoms with E-state index in [1.54, 1.807) is 11.2 Å². The third kappa shape index (κ3) is 3.04. The van der Waals surface area contributed by atoms with Crippen molar-refractivity contribution < 1.29 is 13.9 Å². The van der Waals surface area contributed by atoms with Crippen molar-refractivity contribution in [3.63, 3.8) is 0 Å². The molecule has 1 aromatic heterocycles. The molecule has 3 aromatic rings. The molecule has 0 aliphatic carbocycles. The first-order chi connectivity index (χ1) is 12.8. The van der Waals surface area contributed by atoms with E-state index in [1.165, 1.54) is 0 Å². The first-order valence-corrected chi connectivity index (χ1v) is 8.68. The number of carbonyl (C=O) groups excluding carboxylic acids is 1. The van der Waals surface area contributed by atoms with Gasteiger partial charge in [-0.3, -0.25) is 4.79 Å². The van der Waals surface area contributed by atoms with Crippen molar-refractivity contribution in [1.82, 2.24) is 4.90 Å². The lowest BCUT2D eigenvalue weighted by molar-refractivity contribution is 0.0651. The summed E-state index contributed by atoms with van der Waals surface area (Å²) in [6.45, 7) is 2.94. The van der Waals surface area contributed by atoms with Crippen LogP contribution in [-0.2, 0) is 6.54 Å². The fraction of sp³-hybridized carbons (Fsp3) is 0.190. The Bertz CT molecular complexity index is 905. The van der Waals surface area contributed by atoms with Crippen LogP contribution >= 0.6 is 0 Å². The van der Waals surface area contributed by atoms with Crippen molar-refractivity contribution >= 4 is 11.6 Å². The van der Waals surface area contributed by atoms with Gasteiger partial charge in [0.25, 0.3) is 5.91 Å². The van der Waals surface area contributed by atoms with Gasteiger partial charge < -0.3 is 19.4 Å². The molecule has 1 amide bonds. The van der Waals surface area contributed by atoms with E-state index < -0.39 is 0 Å². The van der Waals surface area contributed by atoms with Gasteiger partial charge in [0.15, 0.2) is 0 Å². The predicted octanol–water partition coefficient (Wildman–Crippen LogP) is 4.45. The second kappa shape index (κ2) is 6.96. The van der Waals surface area contributed by atoms with Gasteiger partial charge in [0.05, 0.1) is 25.0 Å². The summed E-state index contributed by atoms with van der Waals surface area (Å²) in [6.07, 6.45) is 1.32. The van der Waals surface area contributed by atoms with Gasteiger partial charge >= 0.3 is 0 Å². The van der Waals surface area contributed by atoms with E-state index in [0.717, 1.165) is 22.8 Å². The van der Waals surface area contributed by atoms with Crippen molar-refractivity contribution in [1.29, 1.82) is 0 Å². The van der Waals surface area contributed by atoms with E-state index in [4.69, 9.17) is 9.15 Å². The predicted molar refractivity (Wildman–Crippen MR) is 99.0 cm³/mol. The third-order valence-corrected chi connectivity index (χ3v) is 4.41. The van der Waals surface area contributed by atoms with E-state index >= 15 is 0 Å². The molecule has 132 valence electrons. The molecule has 1 N–H and O–H groups in total. The molecule has 1 atom stereocenters. The first kappa shape index (κ1) is 16.3. The van der Waals surface area contributed by atoms with Gasteiger partial charge in [-0.25, -0.2) is 0 Å². The average Bonchev–Trinajstić information content (AvgIpc) is 3.18. The van der Waals surface area contributed by atoms with Crippen LogP contribution in [0.15, 0.2) is 71.3 Å². The highest BCUT2D eigenvalue weighted by Crippen LogP contribution is 2.35. The number of fused-ring (bicyclic) bond motifs is 1. The van der Waals surface area contributed by atoms with Crippen LogP contribution in [0.25, 0.3) is 0 Å². The highest BCUT2D eigenvalue weighted by molar-refractivity contribution is 6.01. The molecule has 0 spiro atoms. The van der Waals surface area contributed by atoms with E-state index in [2.05, 4.69) is 5.32 Å². The number of hydrogen-bond donors (Lipinski definition) is 1. The Kier molecular flexibility index (Phi) is 4.35. The minimum absolute atomic E-state index is 0.0254. The Morgan fingerprint density at radius 2 is 2.00 bits per heavy atom. The van der Waals surface area contributed by atoms with Crippen molar-refractivity contribution in [3.05, 3.63) is 83.8 Å². The molecule has 1 aliphatic heterocycles. The van der Waals surface area contributed by atoms with Crippen LogP contribution in [-0.4, -0.2) is 17.4 Å². The van der Waals surface area contributed by atoms with Crippen molar-refractivity contribution in [2.24, 2.45) is 0 Å². The molecule has 0 radical (unpaired) electrons. The highest BCUT2D eigenvalue weighted by Gasteiger charge is 2.33. The molecule has 0 saturated carbocycles. The minimum Gasteiger partial charge on any atom is -0.494 e. The minimum atomic E-state index is -0.303. The molecule has 4 rings (SSSR count). The molecule has 5 nitrogen and oxygen atoms in total. The number of anilines is 1. The zero-order valence-corrected chi connectivity index (χ0v) is 14.5. The fourth-order valence-corrected chi connectivity index (χ4v) is 3.23. The number of carbonyl (C=O) groups is 1. The van der Waals surface area contributed by atoms with Crippen molar-refractivity contribution in [3.8, 4) is 5.75 Å². The number of furan rings is 1. The monoisotopic (exact) mass is 348 g/mol. The van der Waals surface area contributed by atoms with Crippen LogP contribution in [0.4, 0.5) is 5.69 Å². The normalized spacial score (nSPS) is 16.1. The van der Waals surface area contributed by atoms with Gasteiger partial charge in [-0.15, -0.1) is 0 Å². The molecular formula is C21H20N2O3. The van der Waals surface area contributed by atoms with Crippen LogP contribution in [0.2, 0.25) is 0 Å². The Morgan fingerprint density at radius 3 is 2.81 bits per heavy atom. The summed E-state index contributed by atoms with van der Waals surface area (Å²) in [5, 5.41) is 3.48.